The Hall–Kier alpha value is -3.87. The van der Waals surface area contributed by atoms with Crippen molar-refractivity contribution in [2.45, 2.75) is 6.92 Å². The fraction of sp³-hybridized carbons (Fsp3) is 0.231. The molecule has 3 aromatic rings. The van der Waals surface area contributed by atoms with Gasteiger partial charge < -0.3 is 19.3 Å². The highest BCUT2D eigenvalue weighted by Gasteiger charge is 2.28. The smallest absolute Gasteiger partial charge is 0.256 e. The molecule has 0 aliphatic carbocycles. The Morgan fingerprint density at radius 1 is 0.758 bits per heavy atom. The minimum atomic E-state index is -0.544. The third kappa shape index (κ3) is 4.14. The zero-order chi connectivity index (χ0) is 22.9. The SMILES string of the molecule is Cc1ccc(-c2ccc(C(=O)N3CCN(C(=O)c4ccc5c(c4)OCO5)CC3)c(F)c2)cc1. The third-order valence-electron chi connectivity index (χ3n) is 6.06. The third-order valence-corrected chi connectivity index (χ3v) is 6.06. The van der Waals surface area contributed by atoms with Gasteiger partial charge in [-0.1, -0.05) is 35.9 Å². The predicted molar refractivity (Wildman–Crippen MR) is 121 cm³/mol. The van der Waals surface area contributed by atoms with Crippen molar-refractivity contribution >= 4 is 11.8 Å². The van der Waals surface area contributed by atoms with Gasteiger partial charge in [-0.05, 0) is 48.4 Å². The second-order valence-corrected chi connectivity index (χ2v) is 8.21. The minimum absolute atomic E-state index is 0.0430. The van der Waals surface area contributed by atoms with Crippen molar-refractivity contribution in [3.8, 4) is 22.6 Å². The molecule has 0 spiro atoms. The first-order chi connectivity index (χ1) is 16.0. The van der Waals surface area contributed by atoms with Crippen molar-refractivity contribution in [1.82, 2.24) is 9.80 Å². The van der Waals surface area contributed by atoms with E-state index in [4.69, 9.17) is 9.47 Å². The van der Waals surface area contributed by atoms with Crippen LogP contribution < -0.4 is 9.47 Å². The average Bonchev–Trinajstić information content (AvgIpc) is 3.32. The monoisotopic (exact) mass is 446 g/mol. The van der Waals surface area contributed by atoms with E-state index in [0.29, 0.717) is 43.2 Å². The molecular formula is C26H23FN2O4. The maximum atomic E-state index is 14.8. The number of hydrogen-bond acceptors (Lipinski definition) is 4. The molecule has 1 saturated heterocycles. The zero-order valence-corrected chi connectivity index (χ0v) is 18.2. The molecule has 0 unspecified atom stereocenters. The fourth-order valence-electron chi connectivity index (χ4n) is 4.11. The van der Waals surface area contributed by atoms with Crippen LogP contribution in [0.3, 0.4) is 0 Å². The van der Waals surface area contributed by atoms with Crippen LogP contribution in [0.25, 0.3) is 11.1 Å². The number of fused-ring (bicyclic) bond motifs is 1. The Kier molecular flexibility index (Phi) is 5.46. The van der Waals surface area contributed by atoms with Crippen LogP contribution in [0.2, 0.25) is 0 Å². The highest BCUT2D eigenvalue weighted by Crippen LogP contribution is 2.33. The van der Waals surface area contributed by atoms with Gasteiger partial charge in [0.05, 0.1) is 5.56 Å². The number of carbonyl (C=O) groups excluding carboxylic acids is 2. The Labute approximate surface area is 191 Å². The van der Waals surface area contributed by atoms with Crippen LogP contribution in [-0.4, -0.2) is 54.6 Å². The van der Waals surface area contributed by atoms with Crippen LogP contribution in [-0.2, 0) is 0 Å². The summed E-state index contributed by atoms with van der Waals surface area (Å²) in [6, 6.07) is 17.6. The van der Waals surface area contributed by atoms with Crippen LogP contribution in [0.4, 0.5) is 4.39 Å². The molecule has 5 rings (SSSR count). The molecule has 0 saturated carbocycles. The van der Waals surface area contributed by atoms with Gasteiger partial charge in [-0.15, -0.1) is 0 Å². The average molecular weight is 446 g/mol. The lowest BCUT2D eigenvalue weighted by molar-refractivity contribution is 0.0532. The first-order valence-electron chi connectivity index (χ1n) is 10.8. The largest absolute Gasteiger partial charge is 0.454 e. The number of halogens is 1. The lowest BCUT2D eigenvalue weighted by Crippen LogP contribution is -2.50. The first kappa shape index (κ1) is 21.0. The quantitative estimate of drug-likeness (QED) is 0.607. The maximum absolute atomic E-state index is 14.8. The summed E-state index contributed by atoms with van der Waals surface area (Å²) in [6.07, 6.45) is 0. The maximum Gasteiger partial charge on any atom is 0.256 e. The normalized spacial score (nSPS) is 15.0. The van der Waals surface area contributed by atoms with E-state index in [-0.39, 0.29) is 24.2 Å². The zero-order valence-electron chi connectivity index (χ0n) is 18.2. The molecule has 0 aromatic heterocycles. The van der Waals surface area contributed by atoms with Gasteiger partial charge in [0.25, 0.3) is 11.8 Å². The molecule has 6 nitrogen and oxygen atoms in total. The second kappa shape index (κ2) is 8.58. The summed E-state index contributed by atoms with van der Waals surface area (Å²) in [7, 11) is 0. The lowest BCUT2D eigenvalue weighted by Gasteiger charge is -2.35. The highest BCUT2D eigenvalue weighted by molar-refractivity contribution is 5.96. The van der Waals surface area contributed by atoms with Crippen LogP contribution in [0.15, 0.2) is 60.7 Å². The van der Waals surface area contributed by atoms with Crippen LogP contribution in [0.1, 0.15) is 26.3 Å². The molecule has 2 aliphatic heterocycles. The number of aryl methyl sites for hydroxylation is 1. The van der Waals surface area contributed by atoms with E-state index < -0.39 is 5.82 Å². The van der Waals surface area contributed by atoms with Crippen molar-refractivity contribution in [1.29, 1.82) is 0 Å². The van der Waals surface area contributed by atoms with Crippen molar-refractivity contribution < 1.29 is 23.5 Å². The summed E-state index contributed by atoms with van der Waals surface area (Å²) < 4.78 is 25.5. The van der Waals surface area contributed by atoms with E-state index in [9.17, 15) is 14.0 Å². The van der Waals surface area contributed by atoms with E-state index in [0.717, 1.165) is 16.7 Å². The second-order valence-electron chi connectivity index (χ2n) is 8.21. The highest BCUT2D eigenvalue weighted by atomic mass is 19.1. The Balaban J connectivity index is 1.24. The standard InChI is InChI=1S/C26H23FN2O4/c1-17-2-4-18(5-3-17)19-6-8-21(22(27)14-19)26(31)29-12-10-28(11-13-29)25(30)20-7-9-23-24(15-20)33-16-32-23/h2-9,14-15H,10-13,16H2,1H3. The van der Waals surface area contributed by atoms with E-state index >= 15 is 0 Å². The molecule has 2 amide bonds. The van der Waals surface area contributed by atoms with Crippen LogP contribution >= 0.6 is 0 Å². The van der Waals surface area contributed by atoms with Gasteiger partial charge in [-0.25, -0.2) is 4.39 Å². The topological polar surface area (TPSA) is 59.1 Å². The molecule has 2 heterocycles. The van der Waals surface area contributed by atoms with Crippen molar-refractivity contribution in [3.05, 3.63) is 83.2 Å². The van der Waals surface area contributed by atoms with E-state index in [1.54, 1.807) is 34.1 Å². The molecule has 3 aromatic carbocycles. The molecule has 7 heteroatoms. The molecule has 2 aliphatic rings. The number of rotatable bonds is 3. The molecular weight excluding hydrogens is 423 g/mol. The summed E-state index contributed by atoms with van der Waals surface area (Å²) in [4.78, 5) is 29.1. The molecule has 0 atom stereocenters. The number of ether oxygens (including phenoxy) is 2. The number of hydrogen-bond donors (Lipinski definition) is 0. The van der Waals surface area contributed by atoms with Gasteiger partial charge >= 0.3 is 0 Å². The molecule has 0 N–H and O–H groups in total. The fourth-order valence-corrected chi connectivity index (χ4v) is 4.11. The van der Waals surface area contributed by atoms with Crippen LogP contribution in [0.5, 0.6) is 11.5 Å². The van der Waals surface area contributed by atoms with Gasteiger partial charge in [0.2, 0.25) is 6.79 Å². The number of piperazine rings is 1. The van der Waals surface area contributed by atoms with Gasteiger partial charge in [0, 0.05) is 31.7 Å². The summed E-state index contributed by atoms with van der Waals surface area (Å²) in [5.74, 6) is 0.140. The summed E-state index contributed by atoms with van der Waals surface area (Å²) in [5, 5.41) is 0. The minimum Gasteiger partial charge on any atom is -0.454 e. The van der Waals surface area contributed by atoms with Crippen LogP contribution in [0, 0.1) is 12.7 Å². The Bertz CT molecular complexity index is 1220. The Morgan fingerprint density at radius 2 is 1.39 bits per heavy atom. The number of carbonyl (C=O) groups is 2. The molecule has 168 valence electrons. The number of benzene rings is 3. The van der Waals surface area contributed by atoms with Gasteiger partial charge in [-0.2, -0.15) is 0 Å². The van der Waals surface area contributed by atoms with E-state index in [2.05, 4.69) is 0 Å². The lowest BCUT2D eigenvalue weighted by atomic mass is 10.0. The predicted octanol–water partition coefficient (Wildman–Crippen LogP) is 4.13. The van der Waals surface area contributed by atoms with Gasteiger partial charge in [-0.3, -0.25) is 9.59 Å². The van der Waals surface area contributed by atoms with E-state index in [1.165, 1.54) is 12.1 Å². The summed E-state index contributed by atoms with van der Waals surface area (Å²) in [6.45, 7) is 3.58. The van der Waals surface area contributed by atoms with Gasteiger partial charge in [0.15, 0.2) is 11.5 Å². The first-order valence-corrected chi connectivity index (χ1v) is 10.8. The number of nitrogens with zero attached hydrogens (tertiary/aromatic N) is 2. The molecule has 0 radical (unpaired) electrons. The summed E-state index contributed by atoms with van der Waals surface area (Å²) in [5.41, 5.74) is 3.30. The molecule has 1 fully saturated rings. The van der Waals surface area contributed by atoms with Crippen molar-refractivity contribution in [3.63, 3.8) is 0 Å². The number of amides is 2. The van der Waals surface area contributed by atoms with Crippen molar-refractivity contribution in [2.75, 3.05) is 33.0 Å². The molecule has 0 bridgehead atoms. The van der Waals surface area contributed by atoms with Crippen molar-refractivity contribution in [2.24, 2.45) is 0 Å². The molecule has 33 heavy (non-hydrogen) atoms. The van der Waals surface area contributed by atoms with E-state index in [1.807, 2.05) is 31.2 Å². The Morgan fingerprint density at radius 3 is 2.09 bits per heavy atom. The summed E-state index contributed by atoms with van der Waals surface area (Å²) >= 11 is 0. The van der Waals surface area contributed by atoms with Gasteiger partial charge in [0.1, 0.15) is 5.82 Å².